The summed E-state index contributed by atoms with van der Waals surface area (Å²) in [6.07, 6.45) is 37.2. The van der Waals surface area contributed by atoms with Crippen molar-refractivity contribution < 1.29 is 19.7 Å². The summed E-state index contributed by atoms with van der Waals surface area (Å²) in [5, 5.41) is 19.6. The van der Waals surface area contributed by atoms with E-state index in [1.54, 1.807) is 6.92 Å². The van der Waals surface area contributed by atoms with E-state index in [4.69, 9.17) is 19.7 Å². The van der Waals surface area contributed by atoms with Crippen LogP contribution in [0.15, 0.2) is 112 Å². The van der Waals surface area contributed by atoms with Crippen molar-refractivity contribution in [3.8, 4) is 0 Å². The molecule has 0 radical (unpaired) electrons. The van der Waals surface area contributed by atoms with Crippen LogP contribution in [-0.4, -0.2) is 166 Å². The number of Topliss-reactive ketones (excluding diaryl/α,β-unsaturated/α-hetero) is 1. The monoisotopic (exact) mass is 1550 g/mol. The average molecular weight is 1550 g/mol. The molecule has 14 unspecified atom stereocenters. The van der Waals surface area contributed by atoms with E-state index in [2.05, 4.69) is 76.8 Å². The van der Waals surface area contributed by atoms with E-state index in [-0.39, 0.29) is 70.0 Å². The van der Waals surface area contributed by atoms with Crippen molar-refractivity contribution in [1.82, 2.24) is 43.4 Å². The Morgan fingerprint density at radius 3 is 1.28 bits per heavy atom. The van der Waals surface area contributed by atoms with Gasteiger partial charge in [-0.2, -0.15) is 0 Å². The zero-order valence-electron chi connectivity index (χ0n) is 69.1. The third-order valence-corrected chi connectivity index (χ3v) is 33.3. The standard InChI is InChI=1S/2C32H44N4O2.C31H42N4O3/c1-20(37)22-18-34(19-22)30-31(38)36(29-10-5-4-9-28(29)33-30)26-16-24-7-6-8-25(17-26)35(24)14-13-21-11-12-23-15-27(21)32(23,2)3;1-3-21-11-22-13-23(12-21)15-27(14-22)35-25-7-6-8-26(35)17-28(16-25)36-30-10-5-4-9-29(30)33-31(32(36)38)34-18-24(19-34)20(2)37;1-3-20-10-21-12-22(11-20)14-23(13-21)34-25-15-24(16-26(34)18-38-17-25)35-29-7-5-4-6-27(29)32-30(31(35)37)33-9-8-28(33)19(2)36/h4-5,9-10,21-27,37H,1,6-8,11-19H2,2-3H3;4-5,9-10,21-28,37H,2-3,6-8,11-19H2,1H3;4-7,20-26,28H,3,8-18H2,1-2H3. The minimum Gasteiger partial charge on any atom is -0.513 e. The maximum atomic E-state index is 14.1. The molecule has 22 rings (SSSR count). The summed E-state index contributed by atoms with van der Waals surface area (Å²) in [4.78, 5) is 83.4. The predicted octanol–water partition coefficient (Wildman–Crippen LogP) is 16.6. The summed E-state index contributed by atoms with van der Waals surface area (Å²) < 4.78 is 12.4. The van der Waals surface area contributed by atoms with E-state index in [0.29, 0.717) is 97.9 Å². The van der Waals surface area contributed by atoms with Gasteiger partial charge in [-0.3, -0.25) is 33.9 Å². The molecule has 16 fully saturated rings. The van der Waals surface area contributed by atoms with Gasteiger partial charge in [0.05, 0.1) is 75.7 Å². The van der Waals surface area contributed by atoms with Crippen molar-refractivity contribution in [2.24, 2.45) is 70.5 Å². The molecule has 9 saturated heterocycles. The van der Waals surface area contributed by atoms with Crippen LogP contribution < -0.4 is 31.4 Å². The number of carbonyl (C=O) groups is 1. The van der Waals surface area contributed by atoms with Crippen LogP contribution in [0.3, 0.4) is 0 Å². The molecule has 3 aromatic heterocycles. The van der Waals surface area contributed by atoms with E-state index < -0.39 is 0 Å². The van der Waals surface area contributed by atoms with Crippen molar-refractivity contribution in [3.05, 3.63) is 129 Å². The van der Waals surface area contributed by atoms with E-state index in [1.165, 1.54) is 148 Å². The van der Waals surface area contributed by atoms with Crippen LogP contribution in [0.2, 0.25) is 0 Å². The zero-order chi connectivity index (χ0) is 78.1. The number of morpholine rings is 1. The quantitative estimate of drug-likeness (QED) is 0.0869. The number of aliphatic hydroxyl groups excluding tert-OH is 2. The Kier molecular flexibility index (Phi) is 21.2. The average Bonchev–Trinajstić information content (AvgIpc) is 0.742. The van der Waals surface area contributed by atoms with Gasteiger partial charge < -0.3 is 43.4 Å². The first-order chi connectivity index (χ1) is 55.3. The minimum atomic E-state index is -0.225. The lowest BCUT2D eigenvalue weighted by Crippen LogP contribution is -2.62. The first-order valence-electron chi connectivity index (χ1n) is 45.7. The minimum absolute atomic E-state index is 0.0271. The second-order valence-corrected chi connectivity index (χ2v) is 40.1. The van der Waals surface area contributed by atoms with Gasteiger partial charge in [0.15, 0.2) is 23.2 Å². The van der Waals surface area contributed by atoms with Crippen LogP contribution in [0, 0.1) is 70.5 Å². The van der Waals surface area contributed by atoms with Crippen LogP contribution in [0.1, 0.15) is 239 Å². The Hall–Kier alpha value is -6.93. The predicted molar refractivity (Wildman–Crippen MR) is 454 cm³/mol. The number of piperidine rings is 5. The molecule has 19 heteroatoms. The molecule has 612 valence electrons. The van der Waals surface area contributed by atoms with Crippen molar-refractivity contribution >= 4 is 56.3 Å². The van der Waals surface area contributed by atoms with Crippen LogP contribution in [0.4, 0.5) is 17.5 Å². The van der Waals surface area contributed by atoms with Gasteiger partial charge in [0.25, 0.3) is 16.7 Å². The van der Waals surface area contributed by atoms with E-state index >= 15 is 0 Å². The van der Waals surface area contributed by atoms with Crippen LogP contribution in [-0.2, 0) is 9.53 Å². The van der Waals surface area contributed by atoms with E-state index in [0.717, 1.165) is 151 Å². The number of hydrogen-bond acceptors (Lipinski definition) is 16. The number of rotatable bonds is 16. The highest BCUT2D eigenvalue weighted by Gasteiger charge is 2.55. The van der Waals surface area contributed by atoms with Gasteiger partial charge in [-0.25, -0.2) is 15.0 Å². The number of hydrogen-bond donors (Lipinski definition) is 2. The summed E-state index contributed by atoms with van der Waals surface area (Å²) >= 11 is 0. The van der Waals surface area contributed by atoms with Crippen LogP contribution in [0.5, 0.6) is 0 Å². The maximum Gasteiger partial charge on any atom is 0.294 e. The molecule has 0 amide bonds. The summed E-state index contributed by atoms with van der Waals surface area (Å²) in [5.41, 5.74) is 6.07. The number of benzene rings is 3. The SMILES string of the molecule is C=C(O)C1CN(c2nc3ccccc3n(C3CC4CCCC(C3)N4C3CC4CC(CC)CC(C4)C3)c2=O)C1.C=C(O)C1CN(c2nc3ccccc3n(C3CC4CCCC(C3)N4CCC3CCC4CC3C4(C)C)c2=O)C1.CCC1CC2CC(C1)CC(N1C3COCC1CC(n1c(=O)c(N4CCC4C(C)=O)nc4ccccc41)C3)C2. The first-order valence-corrected chi connectivity index (χ1v) is 45.7. The normalized spacial score (nSPS) is 35.8. The highest BCUT2D eigenvalue weighted by Crippen LogP contribution is 2.62. The molecule has 0 spiro atoms. The number of anilines is 3. The molecule has 2 N–H and O–H groups in total. The molecule has 7 aliphatic carbocycles. The zero-order valence-corrected chi connectivity index (χ0v) is 69.1. The number of ether oxygens (including phenoxy) is 1. The molecule has 114 heavy (non-hydrogen) atoms. The molecule has 12 bridgehead atoms. The number of aliphatic hydroxyl groups is 2. The van der Waals surface area contributed by atoms with Gasteiger partial charge in [-0.1, -0.05) is 103 Å². The molecule has 6 aromatic rings. The summed E-state index contributed by atoms with van der Waals surface area (Å²) in [5.74, 6) is 10.4. The topological polar surface area (TPSA) is 191 Å². The summed E-state index contributed by atoms with van der Waals surface area (Å²) in [6, 6.07) is 29.1. The van der Waals surface area contributed by atoms with Gasteiger partial charge in [0.1, 0.15) is 0 Å². The fraction of sp³-hybridized carbons (Fsp3) is 0.695. The molecule has 3 aromatic carbocycles. The fourth-order valence-corrected chi connectivity index (χ4v) is 27.5. The van der Waals surface area contributed by atoms with Crippen molar-refractivity contribution in [2.45, 2.75) is 293 Å². The van der Waals surface area contributed by atoms with Crippen LogP contribution in [0.25, 0.3) is 33.1 Å². The smallest absolute Gasteiger partial charge is 0.294 e. The lowest BCUT2D eigenvalue weighted by Gasteiger charge is -2.60. The maximum absolute atomic E-state index is 14.1. The van der Waals surface area contributed by atoms with E-state index in [9.17, 15) is 29.4 Å². The Balaban J connectivity index is 0.000000115. The number of aromatic nitrogens is 6. The van der Waals surface area contributed by atoms with Gasteiger partial charge in [-0.05, 0) is 269 Å². The molecular weight excluding hydrogens is 1420 g/mol. The Bertz CT molecular complexity index is 4700. The van der Waals surface area contributed by atoms with E-state index in [1.807, 2.05) is 79.9 Å². The van der Waals surface area contributed by atoms with Crippen LogP contribution >= 0.6 is 0 Å². The Morgan fingerprint density at radius 1 is 0.474 bits per heavy atom. The second-order valence-electron chi connectivity index (χ2n) is 40.1. The van der Waals surface area contributed by atoms with Gasteiger partial charge in [-0.15, -0.1) is 0 Å². The van der Waals surface area contributed by atoms with Gasteiger partial charge in [0, 0.05) is 99.2 Å². The van der Waals surface area contributed by atoms with Crippen molar-refractivity contribution in [2.75, 3.05) is 67.2 Å². The lowest BCUT2D eigenvalue weighted by atomic mass is 9.45. The number of nitrogens with zero attached hydrogens (tertiary/aromatic N) is 12. The number of carbonyl (C=O) groups excluding carboxylic acids is 1. The summed E-state index contributed by atoms with van der Waals surface area (Å²) in [6.45, 7) is 24.7. The van der Waals surface area contributed by atoms with Crippen molar-refractivity contribution in [3.63, 3.8) is 0 Å². The fourth-order valence-electron chi connectivity index (χ4n) is 27.5. The first kappa shape index (κ1) is 77.0. The molecule has 7 saturated carbocycles. The summed E-state index contributed by atoms with van der Waals surface area (Å²) in [7, 11) is 0. The molecule has 12 heterocycles. The lowest BCUT2D eigenvalue weighted by molar-refractivity contribution is -0.120. The Labute approximate surface area is 675 Å². The van der Waals surface area contributed by atoms with Crippen molar-refractivity contribution in [1.29, 1.82) is 0 Å². The largest absolute Gasteiger partial charge is 0.513 e. The highest BCUT2D eigenvalue weighted by molar-refractivity contribution is 5.87. The van der Waals surface area contributed by atoms with Gasteiger partial charge in [0.2, 0.25) is 0 Å². The Morgan fingerprint density at radius 2 is 0.877 bits per heavy atom. The third-order valence-electron chi connectivity index (χ3n) is 33.3. The molecule has 14 atom stereocenters. The number of fused-ring (bicyclic) bond motifs is 15. The molecule has 19 nitrogen and oxygen atoms in total. The third kappa shape index (κ3) is 14.2. The molecule has 9 aliphatic heterocycles. The molecule has 16 aliphatic rings. The second kappa shape index (κ2) is 31.4. The number of para-hydroxylation sites is 6. The van der Waals surface area contributed by atoms with Gasteiger partial charge >= 0.3 is 0 Å². The highest BCUT2D eigenvalue weighted by atomic mass is 16.5. The number of ketones is 1. The molecular formula is C95H130N12O7.